The smallest absolute Gasteiger partial charge is 0.337 e. The van der Waals surface area contributed by atoms with Crippen molar-refractivity contribution in [2.75, 3.05) is 14.2 Å². The molecule has 0 unspecified atom stereocenters. The first-order valence-electron chi connectivity index (χ1n) is 6.42. The van der Waals surface area contributed by atoms with E-state index in [0.717, 1.165) is 5.56 Å². The van der Waals surface area contributed by atoms with Gasteiger partial charge in [-0.3, -0.25) is 0 Å². The minimum atomic E-state index is -0.496. The van der Waals surface area contributed by atoms with Gasteiger partial charge in [0.05, 0.1) is 37.0 Å². The molecule has 0 amide bonds. The summed E-state index contributed by atoms with van der Waals surface area (Å²) in [5.74, 6) is -0.919. The van der Waals surface area contributed by atoms with Crippen LogP contribution in [0.2, 0.25) is 0 Å². The Morgan fingerprint density at radius 3 is 2.00 bits per heavy atom. The largest absolute Gasteiger partial charge is 0.465 e. The highest BCUT2D eigenvalue weighted by molar-refractivity contribution is 5.92. The zero-order valence-corrected chi connectivity index (χ0v) is 12.1. The molecule has 0 bridgehead atoms. The number of esters is 2. The lowest BCUT2D eigenvalue weighted by Gasteiger charge is -2.07. The summed E-state index contributed by atoms with van der Waals surface area (Å²) in [5.41, 5.74) is 2.53. The van der Waals surface area contributed by atoms with Crippen molar-refractivity contribution in [3.8, 4) is 17.2 Å². The van der Waals surface area contributed by atoms with Crippen molar-refractivity contribution in [2.24, 2.45) is 0 Å². The van der Waals surface area contributed by atoms with Gasteiger partial charge in [0.2, 0.25) is 0 Å². The van der Waals surface area contributed by atoms with Gasteiger partial charge in [0.1, 0.15) is 0 Å². The highest BCUT2D eigenvalue weighted by Crippen LogP contribution is 2.25. The van der Waals surface area contributed by atoms with E-state index in [1.807, 2.05) is 0 Å². The number of rotatable bonds is 3. The quantitative estimate of drug-likeness (QED) is 0.814. The van der Waals surface area contributed by atoms with Crippen molar-refractivity contribution in [1.82, 2.24) is 0 Å². The van der Waals surface area contributed by atoms with Gasteiger partial charge in [-0.25, -0.2) is 9.59 Å². The standard InChI is InChI=1S/C17H13NO4/c1-21-16(19)12-5-3-11(4-6-12)15-8-7-13(17(20)22-2)9-14(15)10-18/h3-9H,1-2H3. The molecule has 0 aliphatic carbocycles. The summed E-state index contributed by atoms with van der Waals surface area (Å²) in [6, 6.07) is 13.5. The average molecular weight is 295 g/mol. The van der Waals surface area contributed by atoms with Gasteiger partial charge in [0, 0.05) is 0 Å². The second kappa shape index (κ2) is 6.55. The van der Waals surface area contributed by atoms with Crippen LogP contribution in [0.3, 0.4) is 0 Å². The normalized spacial score (nSPS) is 9.68. The Balaban J connectivity index is 2.42. The Kier molecular flexibility index (Phi) is 4.54. The molecule has 0 saturated heterocycles. The summed E-state index contributed by atoms with van der Waals surface area (Å²) >= 11 is 0. The van der Waals surface area contributed by atoms with Crippen LogP contribution in [0, 0.1) is 11.3 Å². The summed E-state index contributed by atoms with van der Waals surface area (Å²) in [6.07, 6.45) is 0. The molecule has 5 nitrogen and oxygen atoms in total. The van der Waals surface area contributed by atoms with Crippen molar-refractivity contribution < 1.29 is 19.1 Å². The van der Waals surface area contributed by atoms with Crippen LogP contribution in [0.15, 0.2) is 42.5 Å². The lowest BCUT2D eigenvalue weighted by Crippen LogP contribution is -2.02. The maximum atomic E-state index is 11.5. The minimum absolute atomic E-state index is 0.314. The van der Waals surface area contributed by atoms with Crippen LogP contribution in [0.4, 0.5) is 0 Å². The van der Waals surface area contributed by atoms with E-state index in [1.54, 1.807) is 36.4 Å². The average Bonchev–Trinajstić information content (AvgIpc) is 2.59. The fraction of sp³-hybridized carbons (Fsp3) is 0.118. The van der Waals surface area contributed by atoms with Gasteiger partial charge in [-0.2, -0.15) is 5.26 Å². The van der Waals surface area contributed by atoms with Crippen LogP contribution >= 0.6 is 0 Å². The molecule has 2 aromatic carbocycles. The van der Waals surface area contributed by atoms with Gasteiger partial charge in [0.15, 0.2) is 0 Å². The Morgan fingerprint density at radius 1 is 0.909 bits per heavy atom. The van der Waals surface area contributed by atoms with Crippen molar-refractivity contribution >= 4 is 11.9 Å². The van der Waals surface area contributed by atoms with Gasteiger partial charge >= 0.3 is 11.9 Å². The highest BCUT2D eigenvalue weighted by Gasteiger charge is 2.12. The maximum absolute atomic E-state index is 11.5. The third kappa shape index (κ3) is 2.96. The Bertz CT molecular complexity index is 757. The van der Waals surface area contributed by atoms with Crippen LogP contribution in [-0.2, 0) is 9.47 Å². The molecule has 0 aliphatic heterocycles. The molecular formula is C17H13NO4. The number of methoxy groups -OCH3 is 2. The fourth-order valence-electron chi connectivity index (χ4n) is 2.04. The third-order valence-corrected chi connectivity index (χ3v) is 3.18. The number of benzene rings is 2. The second-order valence-corrected chi connectivity index (χ2v) is 4.43. The number of nitrogens with zero attached hydrogens (tertiary/aromatic N) is 1. The van der Waals surface area contributed by atoms with E-state index < -0.39 is 11.9 Å². The summed E-state index contributed by atoms with van der Waals surface area (Å²) in [5, 5.41) is 9.26. The number of carbonyl (C=O) groups is 2. The Hall–Kier alpha value is -3.13. The molecule has 0 N–H and O–H groups in total. The van der Waals surface area contributed by atoms with E-state index in [-0.39, 0.29) is 0 Å². The molecule has 0 aliphatic rings. The van der Waals surface area contributed by atoms with Crippen molar-refractivity contribution in [3.05, 3.63) is 59.2 Å². The van der Waals surface area contributed by atoms with Crippen LogP contribution in [0.1, 0.15) is 26.3 Å². The molecule has 2 rings (SSSR count). The lowest BCUT2D eigenvalue weighted by atomic mass is 9.97. The molecule has 0 spiro atoms. The predicted octanol–water partition coefficient (Wildman–Crippen LogP) is 2.80. The van der Waals surface area contributed by atoms with E-state index in [1.165, 1.54) is 20.3 Å². The van der Waals surface area contributed by atoms with Crippen molar-refractivity contribution in [1.29, 1.82) is 5.26 Å². The monoisotopic (exact) mass is 295 g/mol. The molecule has 0 radical (unpaired) electrons. The first-order chi connectivity index (χ1) is 10.6. The Morgan fingerprint density at radius 2 is 1.45 bits per heavy atom. The lowest BCUT2D eigenvalue weighted by molar-refractivity contribution is 0.0592. The SMILES string of the molecule is COC(=O)c1ccc(-c2ccc(C(=O)OC)cc2C#N)cc1. The molecule has 110 valence electrons. The molecule has 5 heteroatoms. The highest BCUT2D eigenvalue weighted by atomic mass is 16.5. The topological polar surface area (TPSA) is 76.4 Å². The van der Waals surface area contributed by atoms with E-state index in [2.05, 4.69) is 15.5 Å². The molecule has 0 atom stereocenters. The van der Waals surface area contributed by atoms with Crippen molar-refractivity contribution in [2.45, 2.75) is 0 Å². The number of carbonyl (C=O) groups excluding carboxylic acids is 2. The molecule has 0 saturated carbocycles. The number of ether oxygens (including phenoxy) is 2. The minimum Gasteiger partial charge on any atom is -0.465 e. The predicted molar refractivity (Wildman–Crippen MR) is 79.3 cm³/mol. The van der Waals surface area contributed by atoms with E-state index in [0.29, 0.717) is 22.3 Å². The third-order valence-electron chi connectivity index (χ3n) is 3.18. The maximum Gasteiger partial charge on any atom is 0.337 e. The first kappa shape index (κ1) is 15.3. The first-order valence-corrected chi connectivity index (χ1v) is 6.42. The van der Waals surface area contributed by atoms with E-state index in [9.17, 15) is 14.9 Å². The second-order valence-electron chi connectivity index (χ2n) is 4.43. The van der Waals surface area contributed by atoms with Gasteiger partial charge in [-0.1, -0.05) is 18.2 Å². The van der Waals surface area contributed by atoms with Crippen molar-refractivity contribution in [3.63, 3.8) is 0 Å². The molecule has 22 heavy (non-hydrogen) atoms. The van der Waals surface area contributed by atoms with E-state index >= 15 is 0 Å². The fourth-order valence-corrected chi connectivity index (χ4v) is 2.04. The zero-order chi connectivity index (χ0) is 16.1. The van der Waals surface area contributed by atoms with Crippen LogP contribution in [0.25, 0.3) is 11.1 Å². The van der Waals surface area contributed by atoms with Crippen LogP contribution in [0.5, 0.6) is 0 Å². The summed E-state index contributed by atoms with van der Waals surface area (Å²) in [4.78, 5) is 22.9. The molecule has 0 aromatic heterocycles. The van der Waals surface area contributed by atoms with E-state index in [4.69, 9.17) is 0 Å². The zero-order valence-electron chi connectivity index (χ0n) is 12.1. The molecule has 0 heterocycles. The summed E-state index contributed by atoms with van der Waals surface area (Å²) < 4.78 is 9.27. The number of hydrogen-bond acceptors (Lipinski definition) is 5. The summed E-state index contributed by atoms with van der Waals surface area (Å²) in [6.45, 7) is 0. The van der Waals surface area contributed by atoms with Crippen LogP contribution < -0.4 is 0 Å². The van der Waals surface area contributed by atoms with Gasteiger partial charge in [-0.05, 0) is 35.4 Å². The molecule has 0 fully saturated rings. The van der Waals surface area contributed by atoms with Gasteiger partial charge in [-0.15, -0.1) is 0 Å². The van der Waals surface area contributed by atoms with Gasteiger partial charge in [0.25, 0.3) is 0 Å². The molecular weight excluding hydrogens is 282 g/mol. The Labute approximate surface area is 127 Å². The summed E-state index contributed by atoms with van der Waals surface area (Å²) in [7, 11) is 2.60. The molecule has 2 aromatic rings. The number of hydrogen-bond donors (Lipinski definition) is 0. The van der Waals surface area contributed by atoms with Gasteiger partial charge < -0.3 is 9.47 Å². The number of nitriles is 1. The van der Waals surface area contributed by atoms with Crippen LogP contribution in [-0.4, -0.2) is 26.2 Å².